The van der Waals surface area contributed by atoms with Crippen molar-refractivity contribution >= 4 is 21.9 Å². The van der Waals surface area contributed by atoms with Gasteiger partial charge in [-0.3, -0.25) is 5.32 Å². The Bertz CT molecular complexity index is 678. The minimum atomic E-state index is -4.00. The molecule has 0 aromatic heterocycles. The van der Waals surface area contributed by atoms with Crippen LogP contribution in [-0.4, -0.2) is 33.3 Å². The van der Waals surface area contributed by atoms with E-state index in [2.05, 4.69) is 10.1 Å². The topological polar surface area (TPSA) is 81.7 Å². The van der Waals surface area contributed by atoms with Gasteiger partial charge in [0.25, 0.3) is 0 Å². The lowest BCUT2D eigenvalue weighted by atomic mass is 10.1. The first-order chi connectivity index (χ1) is 10.7. The predicted molar refractivity (Wildman–Crippen MR) is 79.2 cm³/mol. The molecule has 1 fully saturated rings. The van der Waals surface area contributed by atoms with Gasteiger partial charge in [0.1, 0.15) is 5.75 Å². The Kier molecular flexibility index (Phi) is 5.08. The van der Waals surface area contributed by atoms with Crippen LogP contribution < -0.4 is 9.50 Å². The third-order valence-electron chi connectivity index (χ3n) is 3.43. The molecule has 1 amide bonds. The molecule has 1 aromatic rings. The number of benzene rings is 1. The fraction of sp³-hybridized carbons (Fsp3) is 0.500. The van der Waals surface area contributed by atoms with Gasteiger partial charge in [0.2, 0.25) is 5.92 Å². The molecule has 128 valence electrons. The van der Waals surface area contributed by atoms with Crippen LogP contribution >= 0.6 is 0 Å². The van der Waals surface area contributed by atoms with Crippen LogP contribution in [0.3, 0.4) is 0 Å². The highest BCUT2D eigenvalue weighted by molar-refractivity contribution is 7.87. The van der Waals surface area contributed by atoms with Crippen molar-refractivity contribution in [1.82, 2.24) is 0 Å². The van der Waals surface area contributed by atoms with Gasteiger partial charge in [-0.25, -0.2) is 13.6 Å². The molecular weight excluding hydrogens is 332 g/mol. The molecule has 0 spiro atoms. The molecule has 1 aliphatic rings. The highest BCUT2D eigenvalue weighted by atomic mass is 32.2. The summed E-state index contributed by atoms with van der Waals surface area (Å²) in [5, 5.41) is 2.37. The van der Waals surface area contributed by atoms with E-state index in [0.29, 0.717) is 0 Å². The molecule has 1 N–H and O–H groups in total. The second-order valence-corrected chi connectivity index (χ2v) is 7.03. The second kappa shape index (κ2) is 6.69. The van der Waals surface area contributed by atoms with Gasteiger partial charge in [-0.1, -0.05) is 6.07 Å². The molecule has 0 aliphatic heterocycles. The van der Waals surface area contributed by atoms with Gasteiger partial charge >= 0.3 is 16.2 Å². The van der Waals surface area contributed by atoms with E-state index in [4.69, 9.17) is 4.18 Å². The van der Waals surface area contributed by atoms with Crippen LogP contribution in [0, 0.1) is 5.92 Å². The Morgan fingerprint density at radius 1 is 1.43 bits per heavy atom. The van der Waals surface area contributed by atoms with Gasteiger partial charge in [0.15, 0.2) is 0 Å². The molecule has 6 nitrogen and oxygen atoms in total. The first-order valence-electron chi connectivity index (χ1n) is 6.94. The average molecular weight is 349 g/mol. The highest BCUT2D eigenvalue weighted by Crippen LogP contribution is 2.39. The summed E-state index contributed by atoms with van der Waals surface area (Å²) in [6, 6.07) is 5.70. The standard InChI is InChI=1S/C14H17F2NO5S/c1-21-13(18)17-11-3-2-4-12(7-11)22-23(19,20)9-10-5-6-14(15,16)8-10/h2-4,7,10H,5-6,8-9H2,1H3,(H,17,18). The van der Waals surface area contributed by atoms with E-state index in [1.54, 1.807) is 0 Å². The Balaban J connectivity index is 2.00. The molecule has 1 saturated carbocycles. The van der Waals surface area contributed by atoms with Crippen molar-refractivity contribution in [3.05, 3.63) is 24.3 Å². The fourth-order valence-corrected chi connectivity index (χ4v) is 3.77. The van der Waals surface area contributed by atoms with Crippen LogP contribution in [-0.2, 0) is 14.9 Å². The van der Waals surface area contributed by atoms with Crippen LogP contribution in [0.15, 0.2) is 24.3 Å². The quantitative estimate of drug-likeness (QED) is 0.827. The molecule has 2 rings (SSSR count). The summed E-state index contributed by atoms with van der Waals surface area (Å²) in [6.45, 7) is 0. The van der Waals surface area contributed by atoms with Crippen LogP contribution in [0.2, 0.25) is 0 Å². The molecule has 1 unspecified atom stereocenters. The molecule has 1 aromatic carbocycles. The molecule has 1 atom stereocenters. The number of anilines is 1. The maximum atomic E-state index is 13.1. The largest absolute Gasteiger partial charge is 0.453 e. The molecule has 0 bridgehead atoms. The van der Waals surface area contributed by atoms with Gasteiger partial charge < -0.3 is 8.92 Å². The summed E-state index contributed by atoms with van der Waals surface area (Å²) in [4.78, 5) is 11.1. The van der Waals surface area contributed by atoms with Gasteiger partial charge in [-0.05, 0) is 24.5 Å². The summed E-state index contributed by atoms with van der Waals surface area (Å²) < 4.78 is 59.5. The normalized spacial score (nSPS) is 20.0. The maximum Gasteiger partial charge on any atom is 0.411 e. The Morgan fingerprint density at radius 3 is 2.78 bits per heavy atom. The first kappa shape index (κ1) is 17.5. The van der Waals surface area contributed by atoms with Crippen molar-refractivity contribution in [1.29, 1.82) is 0 Å². The predicted octanol–water partition coefficient (Wildman–Crippen LogP) is 3.01. The number of hydrogen-bond acceptors (Lipinski definition) is 5. The van der Waals surface area contributed by atoms with E-state index >= 15 is 0 Å². The molecule has 23 heavy (non-hydrogen) atoms. The van der Waals surface area contributed by atoms with Crippen molar-refractivity contribution in [2.24, 2.45) is 5.92 Å². The molecule has 9 heteroatoms. The number of nitrogens with one attached hydrogen (secondary N) is 1. The van der Waals surface area contributed by atoms with Gasteiger partial charge in [0, 0.05) is 24.6 Å². The third-order valence-corrected chi connectivity index (χ3v) is 4.76. The minimum absolute atomic E-state index is 0.0105. The maximum absolute atomic E-state index is 13.1. The summed E-state index contributed by atoms with van der Waals surface area (Å²) in [6.07, 6.45) is -1.30. The van der Waals surface area contributed by atoms with Crippen LogP contribution in [0.25, 0.3) is 0 Å². The fourth-order valence-electron chi connectivity index (χ4n) is 2.45. The molecule has 0 saturated heterocycles. The number of alkyl halides is 2. The van der Waals surface area contributed by atoms with Crippen molar-refractivity contribution in [3.8, 4) is 5.75 Å². The monoisotopic (exact) mass is 349 g/mol. The van der Waals surface area contributed by atoms with Crippen molar-refractivity contribution in [3.63, 3.8) is 0 Å². The molecular formula is C14H17F2NO5S. The first-order valence-corrected chi connectivity index (χ1v) is 8.52. The van der Waals surface area contributed by atoms with E-state index in [1.165, 1.54) is 31.4 Å². The SMILES string of the molecule is COC(=O)Nc1cccc(OS(=O)(=O)CC2CCC(F)(F)C2)c1. The van der Waals surface area contributed by atoms with Crippen molar-refractivity contribution in [2.45, 2.75) is 25.2 Å². The number of carbonyl (C=O) groups excluding carboxylic acids is 1. The lowest BCUT2D eigenvalue weighted by Crippen LogP contribution is -2.21. The second-order valence-electron chi connectivity index (χ2n) is 5.42. The number of amides is 1. The van der Waals surface area contributed by atoms with E-state index < -0.39 is 40.2 Å². The van der Waals surface area contributed by atoms with Crippen molar-refractivity contribution in [2.75, 3.05) is 18.2 Å². The zero-order chi connectivity index (χ0) is 17.1. The zero-order valence-electron chi connectivity index (χ0n) is 12.4. The van der Waals surface area contributed by atoms with Crippen molar-refractivity contribution < 1.29 is 30.9 Å². The number of ether oxygens (including phenoxy) is 1. The van der Waals surface area contributed by atoms with Crippen LogP contribution in [0.5, 0.6) is 5.75 Å². The highest BCUT2D eigenvalue weighted by Gasteiger charge is 2.41. The lowest BCUT2D eigenvalue weighted by molar-refractivity contribution is 0.00589. The van der Waals surface area contributed by atoms with Crippen LogP contribution in [0.4, 0.5) is 19.3 Å². The minimum Gasteiger partial charge on any atom is -0.453 e. The number of methoxy groups -OCH3 is 1. The summed E-state index contributed by atoms with van der Waals surface area (Å²) in [5.41, 5.74) is 0.289. The Morgan fingerprint density at radius 2 is 2.17 bits per heavy atom. The van der Waals surface area contributed by atoms with E-state index in [-0.39, 0.29) is 24.3 Å². The summed E-state index contributed by atoms with van der Waals surface area (Å²) in [5.74, 6) is -3.89. The van der Waals surface area contributed by atoms with Gasteiger partial charge in [-0.15, -0.1) is 0 Å². The van der Waals surface area contributed by atoms with Gasteiger partial charge in [0.05, 0.1) is 12.9 Å². The number of carbonyl (C=O) groups is 1. The number of hydrogen-bond donors (Lipinski definition) is 1. The van der Waals surface area contributed by atoms with Gasteiger partial charge in [-0.2, -0.15) is 8.42 Å². The average Bonchev–Trinajstić information content (AvgIpc) is 2.76. The Labute approximate surface area is 132 Å². The molecule has 1 aliphatic carbocycles. The van der Waals surface area contributed by atoms with E-state index in [0.717, 1.165) is 0 Å². The van der Waals surface area contributed by atoms with E-state index in [1.807, 2.05) is 0 Å². The smallest absolute Gasteiger partial charge is 0.411 e. The number of rotatable bonds is 5. The van der Waals surface area contributed by atoms with Crippen LogP contribution in [0.1, 0.15) is 19.3 Å². The molecule has 0 heterocycles. The zero-order valence-corrected chi connectivity index (χ0v) is 13.2. The molecule has 0 radical (unpaired) electrons. The summed E-state index contributed by atoms with van der Waals surface area (Å²) in [7, 11) is -2.80. The number of halogens is 2. The summed E-state index contributed by atoms with van der Waals surface area (Å²) >= 11 is 0. The van der Waals surface area contributed by atoms with E-state index in [9.17, 15) is 22.0 Å². The lowest BCUT2D eigenvalue weighted by Gasteiger charge is -2.12. The third kappa shape index (κ3) is 5.34. The Hall–Kier alpha value is -1.90.